The Balaban J connectivity index is 1.50. The summed E-state index contributed by atoms with van der Waals surface area (Å²) in [5.74, 6) is -1.49. The third-order valence-electron chi connectivity index (χ3n) is 4.81. The number of anilines is 1. The number of amides is 2. The van der Waals surface area contributed by atoms with Crippen molar-refractivity contribution >= 4 is 63.6 Å². The lowest BCUT2D eigenvalue weighted by Gasteiger charge is -2.12. The maximum atomic E-state index is 12.8. The van der Waals surface area contributed by atoms with Crippen molar-refractivity contribution in [3.8, 4) is 5.75 Å². The van der Waals surface area contributed by atoms with Crippen LogP contribution in [0.1, 0.15) is 15.9 Å². The maximum absolute atomic E-state index is 12.8. The first-order chi connectivity index (χ1) is 17.1. The Morgan fingerprint density at radius 3 is 2.17 bits per heavy atom. The zero-order valence-corrected chi connectivity index (χ0v) is 19.4. The van der Waals surface area contributed by atoms with Crippen LogP contribution in [0.5, 0.6) is 5.75 Å². The molecule has 1 aliphatic rings. The van der Waals surface area contributed by atoms with Gasteiger partial charge in [-0.3, -0.25) is 29.8 Å². The number of non-ortho nitro benzene ring substituents is 2. The first-order valence-electron chi connectivity index (χ1n) is 9.92. The van der Waals surface area contributed by atoms with Crippen LogP contribution in [0, 0.1) is 20.2 Å². The number of hydrogen-bond acceptors (Lipinski definition) is 9. The minimum absolute atomic E-state index is 0.0540. The number of imide groups is 1. The summed E-state index contributed by atoms with van der Waals surface area (Å²) in [6.07, 6.45) is 1.49. The molecule has 1 aliphatic heterocycles. The average Bonchev–Trinajstić information content (AvgIpc) is 3.12. The van der Waals surface area contributed by atoms with Gasteiger partial charge in [-0.25, -0.2) is 9.69 Å². The number of thioether (sulfide) groups is 1. The normalized spacial score (nSPS) is 14.2. The smallest absolute Gasteiger partial charge is 0.344 e. The summed E-state index contributed by atoms with van der Waals surface area (Å²) in [4.78, 5) is 59.1. The lowest BCUT2D eigenvalue weighted by Crippen LogP contribution is -2.27. The van der Waals surface area contributed by atoms with Gasteiger partial charge in [-0.15, -0.1) is 0 Å². The van der Waals surface area contributed by atoms with E-state index in [1.165, 1.54) is 36.4 Å². The van der Waals surface area contributed by atoms with Gasteiger partial charge in [0.2, 0.25) is 0 Å². The van der Waals surface area contributed by atoms with E-state index in [1.54, 1.807) is 18.2 Å². The van der Waals surface area contributed by atoms with Crippen LogP contribution in [0.15, 0.2) is 71.6 Å². The first-order valence-corrected chi connectivity index (χ1v) is 11.1. The van der Waals surface area contributed by atoms with Crippen molar-refractivity contribution in [3.63, 3.8) is 0 Å². The molecule has 1 heterocycles. The van der Waals surface area contributed by atoms with Crippen molar-refractivity contribution in [3.05, 3.63) is 108 Å². The zero-order valence-electron chi connectivity index (χ0n) is 17.8. The molecule has 180 valence electrons. The Morgan fingerprint density at radius 2 is 1.58 bits per heavy atom. The van der Waals surface area contributed by atoms with Gasteiger partial charge >= 0.3 is 5.97 Å². The highest BCUT2D eigenvalue weighted by atomic mass is 35.5. The van der Waals surface area contributed by atoms with Gasteiger partial charge in [0, 0.05) is 17.2 Å². The summed E-state index contributed by atoms with van der Waals surface area (Å²) in [5.41, 5.74) is -0.750. The Kier molecular flexibility index (Phi) is 6.81. The predicted molar refractivity (Wildman–Crippen MR) is 131 cm³/mol. The van der Waals surface area contributed by atoms with Crippen molar-refractivity contribution in [1.29, 1.82) is 0 Å². The van der Waals surface area contributed by atoms with Crippen LogP contribution in [0.2, 0.25) is 5.02 Å². The van der Waals surface area contributed by atoms with E-state index >= 15 is 0 Å². The second-order valence-corrected chi connectivity index (χ2v) is 8.64. The number of hydrogen-bond donors (Lipinski definition) is 0. The van der Waals surface area contributed by atoms with Crippen LogP contribution in [-0.2, 0) is 4.79 Å². The minimum Gasteiger partial charge on any atom is -0.423 e. The summed E-state index contributed by atoms with van der Waals surface area (Å²) in [7, 11) is 0. The van der Waals surface area contributed by atoms with Crippen LogP contribution in [0.4, 0.5) is 21.9 Å². The summed E-state index contributed by atoms with van der Waals surface area (Å²) in [6.45, 7) is 0. The van der Waals surface area contributed by atoms with Crippen molar-refractivity contribution in [2.24, 2.45) is 0 Å². The summed E-state index contributed by atoms with van der Waals surface area (Å²) in [5, 5.41) is 21.9. The van der Waals surface area contributed by atoms with E-state index in [-0.39, 0.29) is 16.2 Å². The fraction of sp³-hybridized carbons (Fsp3) is 0. The molecule has 0 bridgehead atoms. The van der Waals surface area contributed by atoms with E-state index < -0.39 is 38.3 Å². The largest absolute Gasteiger partial charge is 0.423 e. The third-order valence-corrected chi connectivity index (χ3v) is 5.91. The molecular weight excluding hydrogens is 514 g/mol. The number of esters is 1. The molecule has 1 fully saturated rings. The molecule has 0 N–H and O–H groups in total. The lowest BCUT2D eigenvalue weighted by atomic mass is 10.1. The number of ether oxygens (including phenoxy) is 1. The molecule has 0 spiro atoms. The fourth-order valence-corrected chi connectivity index (χ4v) is 4.20. The highest BCUT2D eigenvalue weighted by Gasteiger charge is 2.36. The molecule has 0 aliphatic carbocycles. The molecule has 13 heteroatoms. The maximum Gasteiger partial charge on any atom is 0.344 e. The van der Waals surface area contributed by atoms with Crippen molar-refractivity contribution < 1.29 is 29.0 Å². The van der Waals surface area contributed by atoms with Gasteiger partial charge in [-0.2, -0.15) is 0 Å². The molecule has 2 amide bonds. The molecule has 3 aromatic rings. The monoisotopic (exact) mass is 525 g/mol. The second-order valence-electron chi connectivity index (χ2n) is 7.21. The number of carbonyl (C=O) groups excluding carboxylic acids is 3. The summed E-state index contributed by atoms with van der Waals surface area (Å²) in [6, 6.07) is 14.7. The lowest BCUT2D eigenvalue weighted by molar-refractivity contribution is -0.394. The van der Waals surface area contributed by atoms with Gasteiger partial charge in [0.15, 0.2) is 0 Å². The topological polar surface area (TPSA) is 150 Å². The molecule has 11 nitrogen and oxygen atoms in total. The van der Waals surface area contributed by atoms with Crippen molar-refractivity contribution in [2.45, 2.75) is 0 Å². The Bertz CT molecular complexity index is 1440. The quantitative estimate of drug-likeness (QED) is 0.131. The average molecular weight is 526 g/mol. The van der Waals surface area contributed by atoms with Crippen LogP contribution in [0.3, 0.4) is 0 Å². The molecule has 0 atom stereocenters. The Hall–Kier alpha value is -4.55. The summed E-state index contributed by atoms with van der Waals surface area (Å²) >= 11 is 6.71. The van der Waals surface area contributed by atoms with Gasteiger partial charge in [0.1, 0.15) is 5.75 Å². The number of nitro groups is 2. The van der Waals surface area contributed by atoms with E-state index in [1.807, 2.05) is 0 Å². The van der Waals surface area contributed by atoms with E-state index in [2.05, 4.69) is 0 Å². The molecule has 3 aromatic carbocycles. The van der Waals surface area contributed by atoms with Crippen molar-refractivity contribution in [2.75, 3.05) is 4.90 Å². The Morgan fingerprint density at radius 1 is 0.944 bits per heavy atom. The molecule has 0 radical (unpaired) electrons. The van der Waals surface area contributed by atoms with Crippen LogP contribution in [0.25, 0.3) is 6.08 Å². The fourth-order valence-electron chi connectivity index (χ4n) is 3.18. The minimum atomic E-state index is -1.03. The molecule has 36 heavy (non-hydrogen) atoms. The molecular formula is C23H12ClN3O8S. The summed E-state index contributed by atoms with van der Waals surface area (Å²) < 4.78 is 5.17. The van der Waals surface area contributed by atoms with Crippen LogP contribution >= 0.6 is 23.4 Å². The number of benzene rings is 3. The van der Waals surface area contributed by atoms with Crippen LogP contribution in [-0.4, -0.2) is 27.0 Å². The first kappa shape index (κ1) is 24.6. The van der Waals surface area contributed by atoms with Crippen LogP contribution < -0.4 is 9.64 Å². The zero-order chi connectivity index (χ0) is 26.0. The molecule has 0 saturated carbocycles. The van der Waals surface area contributed by atoms with E-state index in [0.29, 0.717) is 16.3 Å². The van der Waals surface area contributed by atoms with Gasteiger partial charge in [0.25, 0.3) is 22.5 Å². The van der Waals surface area contributed by atoms with Gasteiger partial charge < -0.3 is 4.74 Å². The standard InChI is InChI=1S/C23H12ClN3O8S/c24-15-2-1-3-16(11-15)25-21(28)20(36-23(25)30)8-13-4-6-19(7-5-13)35-22(29)14-9-17(26(31)32)12-18(10-14)27(33)34/h1-12H/b20-8-. The Labute approximate surface area is 211 Å². The highest BCUT2D eigenvalue weighted by molar-refractivity contribution is 8.19. The molecule has 0 aromatic heterocycles. The number of halogens is 1. The highest BCUT2D eigenvalue weighted by Crippen LogP contribution is 2.36. The molecule has 4 rings (SSSR count). The van der Waals surface area contributed by atoms with Gasteiger partial charge in [-0.05, 0) is 53.7 Å². The SMILES string of the molecule is O=C(Oc1ccc(/C=C2\SC(=O)N(c3cccc(Cl)c3)C2=O)cc1)c1cc([N+](=O)[O-])cc([N+](=O)[O-])c1. The third kappa shape index (κ3) is 5.24. The number of rotatable bonds is 6. The molecule has 0 unspecified atom stereocenters. The number of nitro benzene ring substituents is 2. The molecule has 1 saturated heterocycles. The van der Waals surface area contributed by atoms with Gasteiger partial charge in [0.05, 0.1) is 32.1 Å². The predicted octanol–water partition coefficient (Wildman–Crippen LogP) is 5.62. The van der Waals surface area contributed by atoms with E-state index in [0.717, 1.165) is 34.9 Å². The van der Waals surface area contributed by atoms with Crippen molar-refractivity contribution in [1.82, 2.24) is 0 Å². The van der Waals surface area contributed by atoms with E-state index in [4.69, 9.17) is 16.3 Å². The van der Waals surface area contributed by atoms with E-state index in [9.17, 15) is 34.6 Å². The number of carbonyl (C=O) groups is 3. The second kappa shape index (κ2) is 9.98. The van der Waals surface area contributed by atoms with Gasteiger partial charge in [-0.1, -0.05) is 29.8 Å². The number of nitrogens with zero attached hydrogens (tertiary/aromatic N) is 3.